The molecular weight excluding hydrogens is 486 g/mol. The summed E-state index contributed by atoms with van der Waals surface area (Å²) in [5, 5.41) is 2.35. The van der Waals surface area contributed by atoms with E-state index >= 15 is 0 Å². The third kappa shape index (κ3) is 5.44. The van der Waals surface area contributed by atoms with Gasteiger partial charge in [-0.15, -0.1) is 11.3 Å². The Hall–Kier alpha value is -3.50. The molecule has 1 aliphatic heterocycles. The van der Waals surface area contributed by atoms with Crippen molar-refractivity contribution in [1.82, 2.24) is 15.1 Å². The Bertz CT molecular complexity index is 1300. The van der Waals surface area contributed by atoms with Crippen LogP contribution in [0.2, 0.25) is 0 Å². The molecule has 182 valence electrons. The van der Waals surface area contributed by atoms with Gasteiger partial charge in [0.15, 0.2) is 0 Å². The van der Waals surface area contributed by atoms with Crippen LogP contribution < -0.4 is 5.32 Å². The summed E-state index contributed by atoms with van der Waals surface area (Å²) in [6, 6.07) is 18.1. The Morgan fingerprint density at radius 1 is 0.857 bits per heavy atom. The number of thiophene rings is 1. The summed E-state index contributed by atoms with van der Waals surface area (Å²) in [5.41, 5.74) is 1.61. The van der Waals surface area contributed by atoms with E-state index in [0.29, 0.717) is 10.4 Å². The van der Waals surface area contributed by atoms with Gasteiger partial charge in [-0.3, -0.25) is 14.4 Å². The number of rotatable bonds is 6. The molecule has 2 aromatic carbocycles. The van der Waals surface area contributed by atoms with E-state index in [0.717, 1.165) is 16.9 Å². The highest BCUT2D eigenvalue weighted by Crippen LogP contribution is 2.19. The van der Waals surface area contributed by atoms with Gasteiger partial charge in [0.05, 0.1) is 9.77 Å². The summed E-state index contributed by atoms with van der Waals surface area (Å²) < 4.78 is 26.8. The van der Waals surface area contributed by atoms with E-state index in [1.807, 2.05) is 19.1 Å². The fourth-order valence-electron chi connectivity index (χ4n) is 3.79. The van der Waals surface area contributed by atoms with Gasteiger partial charge in [0.2, 0.25) is 15.2 Å². The molecule has 1 aliphatic rings. The molecule has 1 N–H and O–H groups in total. The van der Waals surface area contributed by atoms with Crippen molar-refractivity contribution in [3.63, 3.8) is 0 Å². The normalized spacial score (nSPS) is 14.9. The average Bonchev–Trinajstić information content (AvgIpc) is 3.43. The Balaban J connectivity index is 1.52. The molecule has 2 heterocycles. The van der Waals surface area contributed by atoms with Crippen LogP contribution in [-0.4, -0.2) is 67.5 Å². The predicted octanol–water partition coefficient (Wildman–Crippen LogP) is 2.57. The SMILES string of the molecule is Cc1ccc(C(=O)N2CCN(C(=O)[C@H](NC(=O)c3cccs3)S(=O)(=O)c3ccccc3)CC2)cc1. The van der Waals surface area contributed by atoms with Crippen molar-refractivity contribution >= 4 is 38.9 Å². The van der Waals surface area contributed by atoms with Gasteiger partial charge in [0.25, 0.3) is 17.7 Å². The molecule has 0 radical (unpaired) electrons. The number of piperazine rings is 1. The van der Waals surface area contributed by atoms with Gasteiger partial charge in [0, 0.05) is 31.7 Å². The van der Waals surface area contributed by atoms with E-state index in [9.17, 15) is 22.8 Å². The first-order chi connectivity index (χ1) is 16.8. The Morgan fingerprint density at radius 3 is 2.09 bits per heavy atom. The molecule has 1 saturated heterocycles. The van der Waals surface area contributed by atoms with Gasteiger partial charge in [-0.1, -0.05) is 42.0 Å². The van der Waals surface area contributed by atoms with Crippen molar-refractivity contribution in [2.75, 3.05) is 26.2 Å². The van der Waals surface area contributed by atoms with Crippen molar-refractivity contribution in [1.29, 1.82) is 0 Å². The Kier molecular flexibility index (Phi) is 7.32. The molecule has 3 amide bonds. The first kappa shape index (κ1) is 24.6. The zero-order chi connectivity index (χ0) is 25.0. The fraction of sp³-hybridized carbons (Fsp3) is 0.240. The summed E-state index contributed by atoms with van der Waals surface area (Å²) in [6.45, 7) is 2.78. The monoisotopic (exact) mass is 511 g/mol. The number of amides is 3. The summed E-state index contributed by atoms with van der Waals surface area (Å²) in [6.07, 6.45) is 0. The summed E-state index contributed by atoms with van der Waals surface area (Å²) in [7, 11) is -4.21. The third-order valence-electron chi connectivity index (χ3n) is 5.79. The minimum atomic E-state index is -4.21. The van der Waals surface area contributed by atoms with Crippen LogP contribution in [0.4, 0.5) is 0 Å². The lowest BCUT2D eigenvalue weighted by atomic mass is 10.1. The van der Waals surface area contributed by atoms with Crippen LogP contribution in [0, 0.1) is 6.92 Å². The van der Waals surface area contributed by atoms with Gasteiger partial charge in [-0.25, -0.2) is 8.42 Å². The number of nitrogens with zero attached hydrogens (tertiary/aromatic N) is 2. The average molecular weight is 512 g/mol. The molecule has 1 atom stereocenters. The van der Waals surface area contributed by atoms with Crippen LogP contribution in [-0.2, 0) is 14.6 Å². The zero-order valence-corrected chi connectivity index (χ0v) is 20.7. The van der Waals surface area contributed by atoms with Gasteiger partial charge in [0.1, 0.15) is 0 Å². The van der Waals surface area contributed by atoms with E-state index in [1.165, 1.54) is 17.0 Å². The highest BCUT2D eigenvalue weighted by molar-refractivity contribution is 7.92. The minimum absolute atomic E-state index is 0.0574. The number of aryl methyl sites for hydroxylation is 1. The molecule has 0 saturated carbocycles. The van der Waals surface area contributed by atoms with E-state index in [1.54, 1.807) is 52.7 Å². The number of carbonyl (C=O) groups is 3. The van der Waals surface area contributed by atoms with Crippen molar-refractivity contribution in [2.24, 2.45) is 0 Å². The van der Waals surface area contributed by atoms with Crippen LogP contribution in [0.5, 0.6) is 0 Å². The van der Waals surface area contributed by atoms with E-state index in [4.69, 9.17) is 0 Å². The molecule has 8 nitrogen and oxygen atoms in total. The number of benzene rings is 2. The minimum Gasteiger partial charge on any atom is -0.336 e. The Labute approximate surface area is 208 Å². The highest BCUT2D eigenvalue weighted by atomic mass is 32.2. The molecule has 4 rings (SSSR count). The first-order valence-corrected chi connectivity index (χ1v) is 13.5. The lowest BCUT2D eigenvalue weighted by molar-refractivity contribution is -0.132. The van der Waals surface area contributed by atoms with Crippen LogP contribution in [0.1, 0.15) is 25.6 Å². The van der Waals surface area contributed by atoms with Gasteiger partial charge >= 0.3 is 0 Å². The van der Waals surface area contributed by atoms with Crippen molar-refractivity contribution in [2.45, 2.75) is 17.2 Å². The van der Waals surface area contributed by atoms with E-state index in [2.05, 4.69) is 5.32 Å². The van der Waals surface area contributed by atoms with Crippen LogP contribution in [0.15, 0.2) is 77.0 Å². The van der Waals surface area contributed by atoms with Gasteiger partial charge < -0.3 is 15.1 Å². The lowest BCUT2D eigenvalue weighted by Gasteiger charge is -2.36. The molecular formula is C25H25N3O5S2. The van der Waals surface area contributed by atoms with Crippen LogP contribution >= 0.6 is 11.3 Å². The van der Waals surface area contributed by atoms with Gasteiger partial charge in [-0.05, 0) is 42.6 Å². The summed E-state index contributed by atoms with van der Waals surface area (Å²) in [4.78, 5) is 42.2. The second-order valence-corrected chi connectivity index (χ2v) is 11.2. The molecule has 1 aromatic heterocycles. The largest absolute Gasteiger partial charge is 0.336 e. The number of nitrogens with one attached hydrogen (secondary N) is 1. The molecule has 35 heavy (non-hydrogen) atoms. The number of sulfone groups is 1. The lowest BCUT2D eigenvalue weighted by Crippen LogP contribution is -2.57. The molecule has 0 spiro atoms. The van der Waals surface area contributed by atoms with E-state index in [-0.39, 0.29) is 37.0 Å². The van der Waals surface area contributed by atoms with Crippen LogP contribution in [0.3, 0.4) is 0 Å². The number of hydrogen-bond acceptors (Lipinski definition) is 6. The standard InChI is InChI=1S/C25H25N3O5S2/c1-18-9-11-19(12-10-18)24(30)27-13-15-28(16-14-27)25(31)23(26-22(29)21-8-5-17-34-21)35(32,33)20-6-3-2-4-7-20/h2-12,17,23H,13-16H2,1H3,(H,26,29)/t23-/m1/s1. The first-order valence-electron chi connectivity index (χ1n) is 11.1. The zero-order valence-electron chi connectivity index (χ0n) is 19.1. The van der Waals surface area contributed by atoms with Crippen molar-refractivity contribution in [3.8, 4) is 0 Å². The van der Waals surface area contributed by atoms with Crippen molar-refractivity contribution in [3.05, 3.63) is 88.1 Å². The summed E-state index contributed by atoms with van der Waals surface area (Å²) >= 11 is 1.15. The third-order valence-corrected chi connectivity index (χ3v) is 8.53. The van der Waals surface area contributed by atoms with Gasteiger partial charge in [-0.2, -0.15) is 0 Å². The summed E-state index contributed by atoms with van der Waals surface area (Å²) in [5.74, 6) is -1.50. The maximum absolute atomic E-state index is 13.4. The molecule has 0 bridgehead atoms. The second kappa shape index (κ2) is 10.4. The smallest absolute Gasteiger partial charge is 0.262 e. The topological polar surface area (TPSA) is 104 Å². The predicted molar refractivity (Wildman–Crippen MR) is 133 cm³/mol. The molecule has 0 aliphatic carbocycles. The molecule has 3 aromatic rings. The second-order valence-electron chi connectivity index (χ2n) is 8.17. The quantitative estimate of drug-likeness (QED) is 0.548. The number of carbonyl (C=O) groups excluding carboxylic acids is 3. The maximum Gasteiger partial charge on any atom is 0.262 e. The Morgan fingerprint density at radius 2 is 1.49 bits per heavy atom. The van der Waals surface area contributed by atoms with Crippen LogP contribution in [0.25, 0.3) is 0 Å². The van der Waals surface area contributed by atoms with Crippen molar-refractivity contribution < 1.29 is 22.8 Å². The molecule has 1 fully saturated rings. The fourth-order valence-corrected chi connectivity index (χ4v) is 5.90. The highest BCUT2D eigenvalue weighted by Gasteiger charge is 2.39. The molecule has 0 unspecified atom stereocenters. The maximum atomic E-state index is 13.4. The van der Waals surface area contributed by atoms with E-state index < -0.39 is 27.0 Å². The number of hydrogen-bond donors (Lipinski definition) is 1. The molecule has 10 heteroatoms.